The number of aromatic amines is 1. The van der Waals surface area contributed by atoms with Crippen LogP contribution in [0.15, 0.2) is 30.6 Å². The number of benzene rings is 1. The van der Waals surface area contributed by atoms with E-state index in [4.69, 9.17) is 4.74 Å². The zero-order valence-electron chi connectivity index (χ0n) is 14.2. The standard InChI is InChI=1S/C16H19N7O2/c1-10-5-4-6-11(2)15(10)25-8-12(3)18-16(24)13-7-14(20-19-13)23-9-17-21-22-23/h4-7,9,12H,8H2,1-3H3,(H,18,24)(H,19,20). The third-order valence-corrected chi connectivity index (χ3v) is 3.66. The highest BCUT2D eigenvalue weighted by atomic mass is 16.5. The number of nitrogens with one attached hydrogen (secondary N) is 2. The number of carbonyl (C=O) groups is 1. The minimum atomic E-state index is -0.274. The molecular weight excluding hydrogens is 322 g/mol. The predicted molar refractivity (Wildman–Crippen MR) is 89.6 cm³/mol. The van der Waals surface area contributed by atoms with Gasteiger partial charge in [-0.3, -0.25) is 9.89 Å². The molecule has 0 radical (unpaired) electrons. The molecule has 1 unspecified atom stereocenters. The maximum absolute atomic E-state index is 12.3. The van der Waals surface area contributed by atoms with Gasteiger partial charge < -0.3 is 10.1 Å². The molecule has 2 heterocycles. The lowest BCUT2D eigenvalue weighted by molar-refractivity contribution is 0.0921. The Balaban J connectivity index is 1.57. The van der Waals surface area contributed by atoms with E-state index >= 15 is 0 Å². The minimum absolute atomic E-state index is 0.175. The van der Waals surface area contributed by atoms with Gasteiger partial charge in [0.2, 0.25) is 0 Å². The van der Waals surface area contributed by atoms with Crippen LogP contribution in [0, 0.1) is 13.8 Å². The molecule has 25 heavy (non-hydrogen) atoms. The number of hydrogen-bond donors (Lipinski definition) is 2. The summed E-state index contributed by atoms with van der Waals surface area (Å²) in [4.78, 5) is 12.3. The first-order valence-corrected chi connectivity index (χ1v) is 7.83. The van der Waals surface area contributed by atoms with E-state index in [9.17, 15) is 4.79 Å². The van der Waals surface area contributed by atoms with Crippen LogP contribution in [-0.4, -0.2) is 49.0 Å². The highest BCUT2D eigenvalue weighted by molar-refractivity contribution is 5.92. The fourth-order valence-corrected chi connectivity index (χ4v) is 2.39. The molecule has 0 aliphatic carbocycles. The Hall–Kier alpha value is -3.23. The molecule has 9 nitrogen and oxygen atoms in total. The van der Waals surface area contributed by atoms with E-state index in [0.29, 0.717) is 18.1 Å². The van der Waals surface area contributed by atoms with Gasteiger partial charge in [0.05, 0.1) is 6.04 Å². The number of nitrogens with zero attached hydrogens (tertiary/aromatic N) is 5. The van der Waals surface area contributed by atoms with Crippen LogP contribution in [0.2, 0.25) is 0 Å². The summed E-state index contributed by atoms with van der Waals surface area (Å²) in [7, 11) is 0. The van der Waals surface area contributed by atoms with Crippen LogP contribution in [0.3, 0.4) is 0 Å². The molecule has 2 aromatic heterocycles. The van der Waals surface area contributed by atoms with Crippen LogP contribution >= 0.6 is 0 Å². The van der Waals surface area contributed by atoms with Crippen molar-refractivity contribution in [3.63, 3.8) is 0 Å². The normalized spacial score (nSPS) is 12.0. The summed E-state index contributed by atoms with van der Waals surface area (Å²) in [6, 6.07) is 7.38. The first-order chi connectivity index (χ1) is 12.0. The highest BCUT2D eigenvalue weighted by Gasteiger charge is 2.15. The Morgan fingerprint density at radius 3 is 2.80 bits per heavy atom. The zero-order valence-corrected chi connectivity index (χ0v) is 14.2. The second kappa shape index (κ2) is 7.12. The van der Waals surface area contributed by atoms with E-state index in [1.54, 1.807) is 6.07 Å². The zero-order chi connectivity index (χ0) is 17.8. The van der Waals surface area contributed by atoms with Gasteiger partial charge in [-0.25, -0.2) is 0 Å². The molecule has 0 aliphatic heterocycles. The molecule has 0 aliphatic rings. The van der Waals surface area contributed by atoms with Crippen LogP contribution in [-0.2, 0) is 0 Å². The Morgan fingerprint density at radius 2 is 2.12 bits per heavy atom. The van der Waals surface area contributed by atoms with Gasteiger partial charge in [0.25, 0.3) is 5.91 Å². The number of aromatic nitrogens is 6. The Labute approximate surface area is 144 Å². The number of aryl methyl sites for hydroxylation is 2. The van der Waals surface area contributed by atoms with E-state index < -0.39 is 0 Å². The van der Waals surface area contributed by atoms with Crippen LogP contribution in [0.1, 0.15) is 28.5 Å². The third kappa shape index (κ3) is 3.82. The van der Waals surface area contributed by atoms with E-state index in [-0.39, 0.29) is 11.9 Å². The van der Waals surface area contributed by atoms with Gasteiger partial charge in [-0.2, -0.15) is 9.78 Å². The molecule has 9 heteroatoms. The molecule has 0 fully saturated rings. The molecule has 1 amide bonds. The van der Waals surface area contributed by atoms with Gasteiger partial charge in [-0.1, -0.05) is 18.2 Å². The fourth-order valence-electron chi connectivity index (χ4n) is 2.39. The van der Waals surface area contributed by atoms with Gasteiger partial charge in [0, 0.05) is 6.07 Å². The average Bonchev–Trinajstić information content (AvgIpc) is 3.25. The molecule has 0 bridgehead atoms. The molecule has 0 saturated heterocycles. The van der Waals surface area contributed by atoms with Crippen molar-refractivity contribution in [1.82, 2.24) is 35.7 Å². The Kier molecular flexibility index (Phi) is 4.73. The van der Waals surface area contributed by atoms with Gasteiger partial charge in [-0.05, 0) is 42.3 Å². The monoisotopic (exact) mass is 341 g/mol. The van der Waals surface area contributed by atoms with Crippen molar-refractivity contribution in [2.45, 2.75) is 26.8 Å². The number of H-pyrrole nitrogens is 1. The van der Waals surface area contributed by atoms with Gasteiger partial charge in [0.15, 0.2) is 5.82 Å². The molecule has 1 aromatic carbocycles. The van der Waals surface area contributed by atoms with Gasteiger partial charge in [-0.15, -0.1) is 5.10 Å². The van der Waals surface area contributed by atoms with Crippen molar-refractivity contribution in [2.24, 2.45) is 0 Å². The van der Waals surface area contributed by atoms with Crippen LogP contribution in [0.25, 0.3) is 5.82 Å². The predicted octanol–water partition coefficient (Wildman–Crippen LogP) is 1.20. The topological polar surface area (TPSA) is 111 Å². The number of para-hydroxylation sites is 1. The second-order valence-corrected chi connectivity index (χ2v) is 5.80. The number of ether oxygens (including phenoxy) is 1. The number of tetrazole rings is 1. The number of hydrogen-bond acceptors (Lipinski definition) is 6. The highest BCUT2D eigenvalue weighted by Crippen LogP contribution is 2.22. The lowest BCUT2D eigenvalue weighted by atomic mass is 10.1. The number of rotatable bonds is 6. The smallest absolute Gasteiger partial charge is 0.269 e. The molecule has 0 spiro atoms. The minimum Gasteiger partial charge on any atom is -0.491 e. The maximum atomic E-state index is 12.3. The fraction of sp³-hybridized carbons (Fsp3) is 0.312. The third-order valence-electron chi connectivity index (χ3n) is 3.66. The second-order valence-electron chi connectivity index (χ2n) is 5.80. The van der Waals surface area contributed by atoms with Crippen LogP contribution in [0.4, 0.5) is 0 Å². The average molecular weight is 341 g/mol. The van der Waals surface area contributed by atoms with Crippen LogP contribution in [0.5, 0.6) is 5.75 Å². The molecule has 1 atom stereocenters. The number of carbonyl (C=O) groups excluding carboxylic acids is 1. The molecule has 3 aromatic rings. The van der Waals surface area contributed by atoms with E-state index in [1.165, 1.54) is 11.0 Å². The van der Waals surface area contributed by atoms with Crippen molar-refractivity contribution >= 4 is 5.91 Å². The Bertz CT molecular complexity index is 837. The van der Waals surface area contributed by atoms with Crippen molar-refractivity contribution < 1.29 is 9.53 Å². The van der Waals surface area contributed by atoms with Crippen molar-refractivity contribution in [3.8, 4) is 11.6 Å². The summed E-state index contributed by atoms with van der Waals surface area (Å²) >= 11 is 0. The maximum Gasteiger partial charge on any atom is 0.269 e. The largest absolute Gasteiger partial charge is 0.491 e. The lowest BCUT2D eigenvalue weighted by Crippen LogP contribution is -2.37. The molecule has 2 N–H and O–H groups in total. The Morgan fingerprint density at radius 1 is 1.36 bits per heavy atom. The molecule has 0 saturated carbocycles. The van der Waals surface area contributed by atoms with Crippen LogP contribution < -0.4 is 10.1 Å². The quantitative estimate of drug-likeness (QED) is 0.697. The first kappa shape index (κ1) is 16.6. The summed E-state index contributed by atoms with van der Waals surface area (Å²) in [6.45, 7) is 6.24. The summed E-state index contributed by atoms with van der Waals surface area (Å²) in [6.07, 6.45) is 1.40. The first-order valence-electron chi connectivity index (χ1n) is 7.83. The van der Waals surface area contributed by atoms with Gasteiger partial charge in [0.1, 0.15) is 24.4 Å². The lowest BCUT2D eigenvalue weighted by Gasteiger charge is -2.17. The van der Waals surface area contributed by atoms with E-state index in [2.05, 4.69) is 31.0 Å². The molecule has 130 valence electrons. The van der Waals surface area contributed by atoms with Crippen molar-refractivity contribution in [2.75, 3.05) is 6.61 Å². The summed E-state index contributed by atoms with van der Waals surface area (Å²) in [5.74, 6) is 1.02. The van der Waals surface area contributed by atoms with E-state index in [0.717, 1.165) is 16.9 Å². The molecular formula is C16H19N7O2. The summed E-state index contributed by atoms with van der Waals surface area (Å²) in [5.41, 5.74) is 2.46. The van der Waals surface area contributed by atoms with E-state index in [1.807, 2.05) is 39.0 Å². The molecule has 3 rings (SSSR count). The van der Waals surface area contributed by atoms with Crippen molar-refractivity contribution in [3.05, 3.63) is 47.4 Å². The number of amides is 1. The van der Waals surface area contributed by atoms with Gasteiger partial charge >= 0.3 is 0 Å². The summed E-state index contributed by atoms with van der Waals surface area (Å²) in [5, 5.41) is 20.3. The van der Waals surface area contributed by atoms with Crippen molar-refractivity contribution in [1.29, 1.82) is 0 Å². The summed E-state index contributed by atoms with van der Waals surface area (Å²) < 4.78 is 7.22. The SMILES string of the molecule is Cc1cccc(C)c1OCC(C)NC(=O)c1cc(-n2cnnn2)n[nH]1.